The van der Waals surface area contributed by atoms with Crippen LogP contribution >= 0.6 is 11.8 Å². The number of amides is 1. The van der Waals surface area contributed by atoms with E-state index < -0.39 is 29.1 Å². The van der Waals surface area contributed by atoms with Gasteiger partial charge in [0, 0.05) is 76.3 Å². The molecule has 8 N–H and O–H groups in total. The Bertz CT molecular complexity index is 1620. The van der Waals surface area contributed by atoms with Gasteiger partial charge in [0.05, 0.1) is 32.4 Å². The van der Waals surface area contributed by atoms with Crippen molar-refractivity contribution < 1.29 is 34.1 Å². The largest absolute Gasteiger partial charge is 0.496 e. The molecule has 2 atom stereocenters. The van der Waals surface area contributed by atoms with E-state index in [1.54, 1.807) is 7.11 Å². The summed E-state index contributed by atoms with van der Waals surface area (Å²) in [5, 5.41) is 23.2. The number of hydrogen-bond acceptors (Lipinski definition) is 13. The van der Waals surface area contributed by atoms with Gasteiger partial charge in [0.25, 0.3) is 0 Å². The highest BCUT2D eigenvalue weighted by molar-refractivity contribution is 8.00. The maximum absolute atomic E-state index is 12.2. The second-order valence-electron chi connectivity index (χ2n) is 12.8. The van der Waals surface area contributed by atoms with Crippen LogP contribution in [0.5, 0.6) is 5.75 Å². The fraction of sp³-hybridized carbons (Fsp3) is 0.571. The number of aromatic nitrogens is 3. The van der Waals surface area contributed by atoms with Crippen LogP contribution in [0.4, 0.5) is 11.8 Å². The standard InChI is InChI=1S/C35H53N9O7S/c1-3-4-5-9-39-32-31-27(40-35(37)41-32)8-11-44(31)22-25-7-6-24(19-28(25)50-2)21-43-14-12-42(13-15-43)16-18-51-17-10-38-30(45)20-29(34(48)49)52-23-26(36)33(46)47/h6-8,11,19,26,29H,3-5,9-10,12-18,20-23,36H2,1-2H3,(H,38,45)(H,46,47)(H,48,49)(H3,37,39,40,41)/t26-,29+/m0/s1. The van der Waals surface area contributed by atoms with Gasteiger partial charge in [-0.05, 0) is 24.1 Å². The zero-order chi connectivity index (χ0) is 37.5. The van der Waals surface area contributed by atoms with Gasteiger partial charge in [-0.15, -0.1) is 11.8 Å². The summed E-state index contributed by atoms with van der Waals surface area (Å²) in [5.74, 6) is -1.11. The Labute approximate surface area is 308 Å². The molecule has 3 heterocycles. The molecule has 1 saturated heterocycles. The Hall–Kier alpha value is -4.16. The van der Waals surface area contributed by atoms with Crippen molar-refractivity contribution in [1.29, 1.82) is 0 Å². The molecule has 2 aromatic heterocycles. The molecule has 1 aliphatic heterocycles. The average molecular weight is 744 g/mol. The molecular weight excluding hydrogens is 691 g/mol. The molecule has 0 radical (unpaired) electrons. The van der Waals surface area contributed by atoms with Crippen molar-refractivity contribution in [1.82, 2.24) is 29.7 Å². The maximum Gasteiger partial charge on any atom is 0.321 e. The van der Waals surface area contributed by atoms with Gasteiger partial charge in [0.2, 0.25) is 11.9 Å². The van der Waals surface area contributed by atoms with E-state index >= 15 is 0 Å². The Kier molecular flexibility index (Phi) is 16.2. The van der Waals surface area contributed by atoms with E-state index in [-0.39, 0.29) is 24.7 Å². The molecule has 0 spiro atoms. The van der Waals surface area contributed by atoms with Crippen LogP contribution in [0.2, 0.25) is 0 Å². The quantitative estimate of drug-likeness (QED) is 0.0764. The lowest BCUT2D eigenvalue weighted by molar-refractivity contribution is -0.139. The third-order valence-electron chi connectivity index (χ3n) is 8.82. The second-order valence-corrected chi connectivity index (χ2v) is 14.0. The number of thioether (sulfide) groups is 1. The molecule has 4 rings (SSSR count). The molecule has 16 nitrogen and oxygen atoms in total. The number of nitrogens with two attached hydrogens (primary N) is 2. The SMILES string of the molecule is CCCCCNc1nc(N)nc2ccn(Cc3ccc(CN4CCN(CCOCCNC(=O)C[C@@H](SC[C@H](N)C(=O)O)C(=O)O)CC4)cc3OC)c12. The number of carbonyl (C=O) groups is 3. The lowest BCUT2D eigenvalue weighted by atomic mass is 10.1. The fourth-order valence-corrected chi connectivity index (χ4v) is 6.89. The predicted octanol–water partition coefficient (Wildman–Crippen LogP) is 1.91. The molecule has 3 aromatic rings. The maximum atomic E-state index is 12.2. The van der Waals surface area contributed by atoms with Crippen molar-refractivity contribution in [3.05, 3.63) is 41.6 Å². The smallest absolute Gasteiger partial charge is 0.321 e. The number of carboxylic acid groups (broad SMARTS) is 2. The molecule has 0 saturated carbocycles. The number of unbranched alkanes of at least 4 members (excludes halogenated alkanes) is 2. The summed E-state index contributed by atoms with van der Waals surface area (Å²) >= 11 is 0.843. The van der Waals surface area contributed by atoms with Crippen LogP contribution in [0.25, 0.3) is 11.0 Å². The minimum atomic E-state index is -1.22. The predicted molar refractivity (Wildman–Crippen MR) is 202 cm³/mol. The molecule has 1 aromatic carbocycles. The first-order valence-corrected chi connectivity index (χ1v) is 18.8. The number of hydrogen-bond donors (Lipinski definition) is 6. The topological polar surface area (TPSA) is 223 Å². The summed E-state index contributed by atoms with van der Waals surface area (Å²) in [4.78, 5) is 48.2. The highest BCUT2D eigenvalue weighted by atomic mass is 32.2. The average Bonchev–Trinajstić information content (AvgIpc) is 3.52. The van der Waals surface area contributed by atoms with Gasteiger partial charge >= 0.3 is 11.9 Å². The number of nitrogens with one attached hydrogen (secondary N) is 2. The molecular formula is C35H53N9O7S. The Morgan fingerprint density at radius 2 is 1.77 bits per heavy atom. The normalized spacial score (nSPS) is 15.0. The summed E-state index contributed by atoms with van der Waals surface area (Å²) in [6.07, 6.45) is 5.09. The first-order chi connectivity index (χ1) is 25.1. The number of anilines is 2. The van der Waals surface area contributed by atoms with Crippen LogP contribution in [0.1, 0.15) is 43.7 Å². The minimum Gasteiger partial charge on any atom is -0.496 e. The second kappa shape index (κ2) is 20.8. The van der Waals surface area contributed by atoms with Crippen molar-refractivity contribution in [3.8, 4) is 5.75 Å². The van der Waals surface area contributed by atoms with E-state index in [0.717, 1.165) is 105 Å². The minimum absolute atomic E-state index is 0.0989. The number of fused-ring (bicyclic) bond motifs is 1. The zero-order valence-corrected chi connectivity index (χ0v) is 30.9. The van der Waals surface area contributed by atoms with Crippen molar-refractivity contribution in [3.63, 3.8) is 0 Å². The highest BCUT2D eigenvalue weighted by Gasteiger charge is 2.24. The number of methoxy groups -OCH3 is 1. The Balaban J connectivity index is 1.17. The number of rotatable bonds is 23. The van der Waals surface area contributed by atoms with Crippen LogP contribution in [-0.2, 0) is 32.2 Å². The zero-order valence-electron chi connectivity index (χ0n) is 30.1. The number of ether oxygens (including phenoxy) is 2. The highest BCUT2D eigenvalue weighted by Crippen LogP contribution is 2.27. The number of nitrogen functional groups attached to an aromatic ring is 1. The summed E-state index contributed by atoms with van der Waals surface area (Å²) in [5.41, 5.74) is 15.4. The van der Waals surface area contributed by atoms with Crippen molar-refractivity contribution in [2.75, 3.05) is 82.9 Å². The van der Waals surface area contributed by atoms with Gasteiger partial charge in [-0.25, -0.2) is 4.98 Å². The lowest BCUT2D eigenvalue weighted by Gasteiger charge is -2.34. The van der Waals surface area contributed by atoms with Gasteiger partial charge in [-0.1, -0.05) is 31.9 Å². The van der Waals surface area contributed by atoms with Gasteiger partial charge in [-0.2, -0.15) is 4.98 Å². The number of carboxylic acids is 2. The molecule has 52 heavy (non-hydrogen) atoms. The van der Waals surface area contributed by atoms with Crippen LogP contribution in [0.3, 0.4) is 0 Å². The van der Waals surface area contributed by atoms with Crippen LogP contribution in [-0.4, -0.2) is 136 Å². The first-order valence-electron chi connectivity index (χ1n) is 17.7. The molecule has 0 unspecified atom stereocenters. The van der Waals surface area contributed by atoms with Crippen molar-refractivity contribution in [2.24, 2.45) is 5.73 Å². The number of benzene rings is 1. The molecule has 0 aliphatic carbocycles. The van der Waals surface area contributed by atoms with E-state index in [4.69, 9.17) is 26.0 Å². The summed E-state index contributed by atoms with van der Waals surface area (Å²) in [6.45, 7) is 9.95. The lowest BCUT2D eigenvalue weighted by Crippen LogP contribution is -2.46. The van der Waals surface area contributed by atoms with Gasteiger partial charge in [0.15, 0.2) is 5.82 Å². The van der Waals surface area contributed by atoms with Crippen LogP contribution < -0.4 is 26.8 Å². The monoisotopic (exact) mass is 743 g/mol. The Morgan fingerprint density at radius 3 is 2.48 bits per heavy atom. The van der Waals surface area contributed by atoms with E-state index in [1.165, 1.54) is 5.56 Å². The van der Waals surface area contributed by atoms with E-state index in [1.807, 2.05) is 12.3 Å². The van der Waals surface area contributed by atoms with Gasteiger partial charge in [-0.3, -0.25) is 24.2 Å². The van der Waals surface area contributed by atoms with E-state index in [2.05, 4.69) is 60.1 Å². The van der Waals surface area contributed by atoms with Crippen LogP contribution in [0, 0.1) is 0 Å². The fourth-order valence-electron chi connectivity index (χ4n) is 5.90. The van der Waals surface area contributed by atoms with Crippen molar-refractivity contribution >= 4 is 52.4 Å². The van der Waals surface area contributed by atoms with Crippen LogP contribution in [0.15, 0.2) is 30.5 Å². The van der Waals surface area contributed by atoms with Gasteiger partial charge < -0.3 is 46.4 Å². The molecule has 1 aliphatic rings. The number of carbonyl (C=O) groups excluding carboxylic acids is 1. The molecule has 1 amide bonds. The first kappa shape index (κ1) is 40.6. The number of nitrogens with zero attached hydrogens (tertiary/aromatic N) is 5. The van der Waals surface area contributed by atoms with E-state index in [9.17, 15) is 19.5 Å². The molecule has 0 bridgehead atoms. The third kappa shape index (κ3) is 12.5. The summed E-state index contributed by atoms with van der Waals surface area (Å²) < 4.78 is 13.7. The number of aliphatic carboxylic acids is 2. The Morgan fingerprint density at radius 1 is 1.00 bits per heavy atom. The molecule has 286 valence electrons. The van der Waals surface area contributed by atoms with E-state index in [0.29, 0.717) is 19.8 Å². The van der Waals surface area contributed by atoms with Crippen molar-refractivity contribution in [2.45, 2.75) is 57.0 Å². The third-order valence-corrected chi connectivity index (χ3v) is 10.1. The summed E-state index contributed by atoms with van der Waals surface area (Å²) in [7, 11) is 1.70. The molecule has 17 heteroatoms. The number of piperazine rings is 1. The summed E-state index contributed by atoms with van der Waals surface area (Å²) in [6, 6.07) is 7.19. The van der Waals surface area contributed by atoms with Gasteiger partial charge in [0.1, 0.15) is 22.6 Å². The molecule has 1 fully saturated rings.